The number of hydrogen-bond donors (Lipinski definition) is 0. The third-order valence-electron chi connectivity index (χ3n) is 7.30. The maximum absolute atomic E-state index is 8.89. The van der Waals surface area contributed by atoms with Crippen LogP contribution in [0, 0.1) is 12.1 Å². The molecule has 0 amide bonds. The SMILES string of the molecule is CC(=O)[O-].CC(=O)[O-].[Pd+2].[Pd+2].[c-]1ccccc1.[c-]1ccccc1.c1ccc(P(c2ccccc2)c2ccccc2)cc1.c1ccc(P(c2ccccc2)c2ccccc2)cc1. The van der Waals surface area contributed by atoms with Gasteiger partial charge in [-0.1, -0.05) is 182 Å². The van der Waals surface area contributed by atoms with Crippen LogP contribution in [0.2, 0.25) is 0 Å². The molecule has 0 radical (unpaired) electrons. The second kappa shape index (κ2) is 33.7. The summed E-state index contributed by atoms with van der Waals surface area (Å²) in [5.74, 6) is -2.17. The molecule has 0 N–H and O–H groups in total. The van der Waals surface area contributed by atoms with Gasteiger partial charge >= 0.3 is 40.8 Å². The third kappa shape index (κ3) is 22.9. The maximum atomic E-state index is 8.89. The second-order valence-corrected chi connectivity index (χ2v) is 16.3. The molecule has 0 aliphatic rings. The number of carbonyl (C=O) groups excluding carboxylic acids is 2. The number of carboxylic acids is 2. The maximum Gasteiger partial charge on any atom is 2.00 e. The first kappa shape index (κ1) is 52.9. The summed E-state index contributed by atoms with van der Waals surface area (Å²) in [6.45, 7) is 1.94. The number of carbonyl (C=O) groups is 2. The molecule has 308 valence electrons. The molecule has 0 saturated carbocycles. The van der Waals surface area contributed by atoms with E-state index >= 15 is 0 Å². The molecule has 0 unspecified atom stereocenters. The topological polar surface area (TPSA) is 80.3 Å². The molecule has 8 heteroatoms. The molecule has 4 nitrogen and oxygen atoms in total. The van der Waals surface area contributed by atoms with E-state index in [1.165, 1.54) is 31.8 Å². The monoisotopic (exact) mass is 1010 g/mol. The summed E-state index contributed by atoms with van der Waals surface area (Å²) in [6, 6.07) is 89.7. The van der Waals surface area contributed by atoms with E-state index in [9.17, 15) is 0 Å². The van der Waals surface area contributed by atoms with Crippen molar-refractivity contribution in [3.05, 3.63) is 255 Å². The molecule has 8 rings (SSSR count). The second-order valence-electron chi connectivity index (χ2n) is 11.8. The Labute approximate surface area is 386 Å². The quantitative estimate of drug-likeness (QED) is 0.0992. The van der Waals surface area contributed by atoms with E-state index in [2.05, 4.69) is 194 Å². The van der Waals surface area contributed by atoms with Gasteiger partial charge in [-0.05, 0) is 61.5 Å². The van der Waals surface area contributed by atoms with E-state index in [0.717, 1.165) is 13.8 Å². The predicted octanol–water partition coefficient (Wildman–Crippen LogP) is 7.37. The van der Waals surface area contributed by atoms with Gasteiger partial charge in [0, 0.05) is 11.9 Å². The van der Waals surface area contributed by atoms with Crippen molar-refractivity contribution >= 4 is 59.6 Å². The van der Waals surface area contributed by atoms with Crippen molar-refractivity contribution in [1.82, 2.24) is 0 Å². The van der Waals surface area contributed by atoms with E-state index in [0.29, 0.717) is 0 Å². The third-order valence-corrected chi connectivity index (χ3v) is 12.2. The number of benzene rings is 8. The van der Waals surface area contributed by atoms with Crippen LogP contribution in [0.15, 0.2) is 243 Å². The summed E-state index contributed by atoms with van der Waals surface area (Å²) >= 11 is 0. The largest absolute Gasteiger partial charge is 2.00 e. The molecule has 0 bridgehead atoms. The minimum Gasteiger partial charge on any atom is -0.550 e. The van der Waals surface area contributed by atoms with Crippen LogP contribution in [0.4, 0.5) is 0 Å². The minimum absolute atomic E-state index is 0. The van der Waals surface area contributed by atoms with E-state index in [1.807, 2.05) is 60.7 Å². The Hall–Kier alpha value is -5.12. The van der Waals surface area contributed by atoms with Crippen LogP contribution >= 0.6 is 15.8 Å². The van der Waals surface area contributed by atoms with Gasteiger partial charge in [0.2, 0.25) is 0 Å². The fraction of sp³-hybridized carbons (Fsp3) is 0.0385. The van der Waals surface area contributed by atoms with E-state index in [1.54, 1.807) is 0 Å². The van der Waals surface area contributed by atoms with Gasteiger partial charge in [-0.3, -0.25) is 0 Å². The summed E-state index contributed by atoms with van der Waals surface area (Å²) in [7, 11) is -0.892. The standard InChI is InChI=1S/2C18H15P.2C6H5.2C2H4O2.2Pd/c2*1-4-10-16(11-5-1)19(17-12-6-2-7-13-17)18-14-8-3-9-15-18;2*1-2-4-6-5-3-1;2*1-2(3)4;;/h2*1-15H;2*1-5H;2*1H3,(H,3,4);;/q;;2*-1;;;2*+2/p-2. The minimum atomic E-state index is -1.08. The Morgan fingerprint density at radius 1 is 0.317 bits per heavy atom. The van der Waals surface area contributed by atoms with Crippen LogP contribution in [0.1, 0.15) is 13.8 Å². The molecule has 8 aromatic carbocycles. The first-order valence-corrected chi connectivity index (χ1v) is 21.1. The Kier molecular flexibility index (Phi) is 29.7. The molecule has 8 aromatic rings. The molecular formula is C52H46O4P2Pd2. The molecule has 0 fully saturated rings. The molecular weight excluding hydrogens is 963 g/mol. The smallest absolute Gasteiger partial charge is 0.550 e. The van der Waals surface area contributed by atoms with Gasteiger partial charge in [-0.25, -0.2) is 0 Å². The van der Waals surface area contributed by atoms with Crippen molar-refractivity contribution in [3.63, 3.8) is 0 Å². The Morgan fingerprint density at radius 3 is 0.550 bits per heavy atom. The van der Waals surface area contributed by atoms with Gasteiger partial charge in [0.05, 0.1) is 0 Å². The number of rotatable bonds is 6. The van der Waals surface area contributed by atoms with E-state index < -0.39 is 27.8 Å². The fourth-order valence-electron chi connectivity index (χ4n) is 5.04. The summed E-state index contributed by atoms with van der Waals surface area (Å²) in [4.78, 5) is 17.8. The van der Waals surface area contributed by atoms with Crippen molar-refractivity contribution in [2.45, 2.75) is 13.8 Å². The molecule has 0 heterocycles. The first-order valence-electron chi connectivity index (χ1n) is 18.4. The zero-order valence-electron chi connectivity index (χ0n) is 33.3. The summed E-state index contributed by atoms with van der Waals surface area (Å²) in [5.41, 5.74) is 0. The summed E-state index contributed by atoms with van der Waals surface area (Å²) < 4.78 is 0. The van der Waals surface area contributed by atoms with Crippen LogP contribution in [-0.2, 0) is 50.4 Å². The Morgan fingerprint density at radius 2 is 0.450 bits per heavy atom. The molecule has 60 heavy (non-hydrogen) atoms. The predicted molar refractivity (Wildman–Crippen MR) is 242 cm³/mol. The van der Waals surface area contributed by atoms with Crippen LogP contribution in [-0.4, -0.2) is 11.9 Å². The Bertz CT molecular complexity index is 1780. The molecule has 0 spiro atoms. The van der Waals surface area contributed by atoms with Gasteiger partial charge in [-0.15, -0.1) is 0 Å². The number of carboxylic acid groups (broad SMARTS) is 2. The number of aliphatic carboxylic acids is 2. The summed E-state index contributed by atoms with van der Waals surface area (Å²) in [6.07, 6.45) is 0. The van der Waals surface area contributed by atoms with Crippen molar-refractivity contribution in [2.75, 3.05) is 0 Å². The van der Waals surface area contributed by atoms with Crippen molar-refractivity contribution < 1.29 is 60.6 Å². The fourth-order valence-corrected chi connectivity index (χ4v) is 9.65. The molecule has 0 aliphatic carbocycles. The normalized spacial score (nSPS) is 9.13. The molecule has 0 saturated heterocycles. The van der Waals surface area contributed by atoms with Gasteiger partial charge in [0.15, 0.2) is 0 Å². The summed E-state index contributed by atoms with van der Waals surface area (Å²) in [5, 5.41) is 26.2. The van der Waals surface area contributed by atoms with Crippen molar-refractivity contribution in [2.24, 2.45) is 0 Å². The van der Waals surface area contributed by atoms with Gasteiger partial charge in [0.1, 0.15) is 0 Å². The molecule has 0 aromatic heterocycles. The molecule has 0 aliphatic heterocycles. The Balaban J connectivity index is 0.000000406. The first-order chi connectivity index (χ1) is 28.4. The van der Waals surface area contributed by atoms with Crippen LogP contribution < -0.4 is 42.0 Å². The van der Waals surface area contributed by atoms with Gasteiger partial charge in [-0.2, -0.15) is 72.8 Å². The van der Waals surface area contributed by atoms with Gasteiger partial charge in [0.25, 0.3) is 0 Å². The average Bonchev–Trinajstić information content (AvgIpc) is 3.28. The van der Waals surface area contributed by atoms with Crippen LogP contribution in [0.5, 0.6) is 0 Å². The zero-order valence-corrected chi connectivity index (χ0v) is 38.2. The van der Waals surface area contributed by atoms with Crippen LogP contribution in [0.25, 0.3) is 0 Å². The van der Waals surface area contributed by atoms with E-state index in [-0.39, 0.29) is 40.8 Å². The van der Waals surface area contributed by atoms with Crippen molar-refractivity contribution in [3.8, 4) is 0 Å². The zero-order chi connectivity index (χ0) is 41.5. The van der Waals surface area contributed by atoms with Crippen LogP contribution in [0.3, 0.4) is 0 Å². The van der Waals surface area contributed by atoms with Crippen molar-refractivity contribution in [1.29, 1.82) is 0 Å². The van der Waals surface area contributed by atoms with E-state index in [4.69, 9.17) is 19.8 Å². The molecule has 0 atom stereocenters. The average molecular weight is 1010 g/mol. The number of hydrogen-bond acceptors (Lipinski definition) is 4. The van der Waals surface area contributed by atoms with Gasteiger partial charge < -0.3 is 19.8 Å².